The number of carbonyl (C=O) groups is 2. The summed E-state index contributed by atoms with van der Waals surface area (Å²) in [7, 11) is 1.55. The number of amides is 2. The Morgan fingerprint density at radius 3 is 1.50 bits per heavy atom. The molecule has 0 aliphatic rings. The van der Waals surface area contributed by atoms with E-state index in [-0.39, 0.29) is 37.9 Å². The van der Waals surface area contributed by atoms with Gasteiger partial charge in [0.15, 0.2) is 0 Å². The van der Waals surface area contributed by atoms with Gasteiger partial charge in [-0.1, -0.05) is 108 Å². The molecular formula is C50H38Cl2N8O6S2. The summed E-state index contributed by atoms with van der Waals surface area (Å²) < 4.78 is 6.13. The van der Waals surface area contributed by atoms with E-state index in [0.717, 1.165) is 51.6 Å². The van der Waals surface area contributed by atoms with Crippen LogP contribution in [0.4, 0.5) is 0 Å². The van der Waals surface area contributed by atoms with Gasteiger partial charge in [-0.2, -0.15) is 0 Å². The van der Waals surface area contributed by atoms with Crippen LogP contribution in [0.1, 0.15) is 13.3 Å². The van der Waals surface area contributed by atoms with Crippen molar-refractivity contribution in [2.24, 2.45) is 0 Å². The zero-order valence-corrected chi connectivity index (χ0v) is 39.4. The standard InChI is InChI=1S/2C25H19ClN4O3S/c1-27-22(31)10-11-29-19-12-21(17-8-4-5-9-18(17)26)34-23(19)24(32)30(25(29)33)20-14-28-13-15-6-2-3-7-16(15)20;1-15(31)28-10-11-29-20-12-22(18-8-4-5-9-19(18)26)34-23(20)24(32)30(25(29)33)21-14-27-13-16-6-2-3-7-17(16)21/h2-9,12-14H,10-11H2,1H3,(H,27,31);2-9,12-14H,10-11H2,1H3,(H,28,31). The third-order valence-corrected chi connectivity index (χ3v) is 14.2. The lowest BCUT2D eigenvalue weighted by atomic mass is 10.1. The van der Waals surface area contributed by atoms with Crippen LogP contribution in [0, 0.1) is 0 Å². The van der Waals surface area contributed by atoms with Crippen LogP contribution in [-0.2, 0) is 22.7 Å². The van der Waals surface area contributed by atoms with Crippen molar-refractivity contribution < 1.29 is 9.59 Å². The summed E-state index contributed by atoms with van der Waals surface area (Å²) >= 11 is 15.4. The minimum absolute atomic E-state index is 0.0920. The van der Waals surface area contributed by atoms with Gasteiger partial charge < -0.3 is 10.6 Å². The summed E-state index contributed by atoms with van der Waals surface area (Å²) in [5.41, 5.74) is 1.47. The van der Waals surface area contributed by atoms with Crippen LogP contribution in [0.15, 0.2) is 153 Å². The minimum Gasteiger partial charge on any atom is -0.359 e. The molecule has 6 heterocycles. The van der Waals surface area contributed by atoms with Gasteiger partial charge in [-0.3, -0.25) is 38.3 Å². The maximum Gasteiger partial charge on any atom is 0.336 e. The monoisotopic (exact) mass is 980 g/mol. The fourth-order valence-corrected chi connectivity index (χ4v) is 10.8. The Kier molecular flexibility index (Phi) is 13.0. The lowest BCUT2D eigenvalue weighted by Gasteiger charge is -2.13. The van der Waals surface area contributed by atoms with E-state index >= 15 is 0 Å². The Morgan fingerprint density at radius 2 is 1.04 bits per heavy atom. The topological polar surface area (TPSA) is 172 Å². The third kappa shape index (κ3) is 8.65. The molecule has 2 N–H and O–H groups in total. The number of halogens is 2. The highest BCUT2D eigenvalue weighted by Gasteiger charge is 2.22. The molecule has 14 nitrogen and oxygen atoms in total. The molecule has 0 aliphatic carbocycles. The highest BCUT2D eigenvalue weighted by atomic mass is 35.5. The Hall–Kier alpha value is -7.50. The van der Waals surface area contributed by atoms with E-state index in [1.807, 2.05) is 91.0 Å². The third-order valence-electron chi connectivity index (χ3n) is 11.3. The van der Waals surface area contributed by atoms with Gasteiger partial charge in [-0.25, -0.2) is 18.7 Å². The van der Waals surface area contributed by atoms with E-state index in [2.05, 4.69) is 20.6 Å². The highest BCUT2D eigenvalue weighted by molar-refractivity contribution is 7.22. The number of benzene rings is 4. The number of pyridine rings is 2. The van der Waals surface area contributed by atoms with Crippen LogP contribution in [0.25, 0.3) is 74.2 Å². The first kappa shape index (κ1) is 45.6. The van der Waals surface area contributed by atoms with E-state index in [4.69, 9.17) is 23.2 Å². The van der Waals surface area contributed by atoms with Crippen molar-refractivity contribution in [3.8, 4) is 32.3 Å². The predicted molar refractivity (Wildman–Crippen MR) is 272 cm³/mol. The van der Waals surface area contributed by atoms with Crippen LogP contribution in [0.5, 0.6) is 0 Å². The summed E-state index contributed by atoms with van der Waals surface area (Å²) in [6.45, 7) is 1.98. The Bertz CT molecular complexity index is 3860. The molecule has 0 atom stereocenters. The fourth-order valence-electron chi connectivity index (χ4n) is 7.98. The average molecular weight is 982 g/mol. The molecule has 10 rings (SSSR count). The largest absolute Gasteiger partial charge is 0.359 e. The van der Waals surface area contributed by atoms with Gasteiger partial charge in [0.2, 0.25) is 11.8 Å². The Balaban J connectivity index is 0.000000170. The quantitative estimate of drug-likeness (QED) is 0.138. The number of hydrogen-bond acceptors (Lipinski definition) is 10. The zero-order valence-electron chi connectivity index (χ0n) is 36.2. The molecule has 10 aromatic rings. The van der Waals surface area contributed by atoms with E-state index in [0.29, 0.717) is 41.9 Å². The second-order valence-electron chi connectivity index (χ2n) is 15.4. The van der Waals surface area contributed by atoms with Crippen molar-refractivity contribution in [3.63, 3.8) is 0 Å². The van der Waals surface area contributed by atoms with Crippen molar-refractivity contribution >= 4 is 99.7 Å². The molecule has 0 bridgehead atoms. The molecule has 2 amide bonds. The van der Waals surface area contributed by atoms with Crippen molar-refractivity contribution in [1.82, 2.24) is 38.9 Å². The predicted octanol–water partition coefficient (Wildman–Crippen LogP) is 8.44. The fraction of sp³-hybridized carbons (Fsp3) is 0.120. The summed E-state index contributed by atoms with van der Waals surface area (Å²) in [5.74, 6) is -0.399. The van der Waals surface area contributed by atoms with Gasteiger partial charge in [-0.15, -0.1) is 22.7 Å². The second-order valence-corrected chi connectivity index (χ2v) is 18.3. The first-order chi connectivity index (χ1) is 32.9. The van der Waals surface area contributed by atoms with Gasteiger partial charge in [-0.05, 0) is 24.3 Å². The maximum atomic E-state index is 13.7. The van der Waals surface area contributed by atoms with Crippen molar-refractivity contribution in [2.75, 3.05) is 13.6 Å². The molecule has 68 heavy (non-hydrogen) atoms. The number of carbonyl (C=O) groups excluding carboxylic acids is 2. The molecule has 0 unspecified atom stereocenters. The summed E-state index contributed by atoms with van der Waals surface area (Å²) in [6.07, 6.45) is 6.51. The van der Waals surface area contributed by atoms with Gasteiger partial charge in [0, 0.05) is 105 Å². The molecule has 0 saturated carbocycles. The smallest absolute Gasteiger partial charge is 0.336 e. The molecule has 6 aromatic heterocycles. The van der Waals surface area contributed by atoms with Crippen molar-refractivity contribution in [2.45, 2.75) is 26.4 Å². The number of thiophene rings is 2. The molecule has 0 radical (unpaired) electrons. The highest BCUT2D eigenvalue weighted by Crippen LogP contribution is 2.37. The van der Waals surface area contributed by atoms with Crippen LogP contribution in [0.2, 0.25) is 10.0 Å². The van der Waals surface area contributed by atoms with Crippen LogP contribution >= 0.6 is 45.9 Å². The molecule has 0 saturated heterocycles. The van der Waals surface area contributed by atoms with Gasteiger partial charge in [0.25, 0.3) is 11.1 Å². The van der Waals surface area contributed by atoms with Crippen molar-refractivity contribution in [1.29, 1.82) is 0 Å². The SMILES string of the molecule is CC(=O)NCCn1c(=O)n(-c2cncc3ccccc23)c(=O)c2sc(-c3ccccc3Cl)cc21.CNC(=O)CCn1c(=O)n(-c2cncc3ccccc23)c(=O)c2sc(-c3ccccc3Cl)cc21. The van der Waals surface area contributed by atoms with Crippen molar-refractivity contribution in [3.05, 3.63) is 186 Å². The van der Waals surface area contributed by atoms with E-state index in [1.54, 1.807) is 37.6 Å². The first-order valence-electron chi connectivity index (χ1n) is 21.1. The van der Waals surface area contributed by atoms with E-state index < -0.39 is 22.5 Å². The summed E-state index contributed by atoms with van der Waals surface area (Å²) in [5, 5.41) is 9.51. The number of nitrogens with zero attached hydrogens (tertiary/aromatic N) is 6. The Labute approximate surface area is 403 Å². The lowest BCUT2D eigenvalue weighted by Crippen LogP contribution is -2.40. The molecule has 18 heteroatoms. The zero-order chi connectivity index (χ0) is 47.6. The van der Waals surface area contributed by atoms with Crippen LogP contribution in [0.3, 0.4) is 0 Å². The molecule has 4 aromatic carbocycles. The molecule has 0 spiro atoms. The summed E-state index contributed by atoms with van der Waals surface area (Å²) in [6, 6.07) is 33.2. The van der Waals surface area contributed by atoms with Gasteiger partial charge in [0.1, 0.15) is 9.40 Å². The molecule has 0 aliphatic heterocycles. The molecule has 0 fully saturated rings. The van der Waals surface area contributed by atoms with Gasteiger partial charge in [0.05, 0.1) is 34.8 Å². The normalized spacial score (nSPS) is 11.2. The van der Waals surface area contributed by atoms with E-state index in [9.17, 15) is 28.8 Å². The van der Waals surface area contributed by atoms with Crippen LogP contribution < -0.4 is 33.1 Å². The van der Waals surface area contributed by atoms with E-state index in [1.165, 1.54) is 51.1 Å². The maximum absolute atomic E-state index is 13.7. The number of hydrogen-bond donors (Lipinski definition) is 2. The van der Waals surface area contributed by atoms with Crippen LogP contribution in [-0.4, -0.2) is 53.6 Å². The number of nitrogens with one attached hydrogen (secondary N) is 2. The lowest BCUT2D eigenvalue weighted by molar-refractivity contribution is -0.121. The number of rotatable bonds is 10. The minimum atomic E-state index is -0.525. The average Bonchev–Trinajstić information content (AvgIpc) is 4.00. The Morgan fingerprint density at radius 1 is 0.603 bits per heavy atom. The first-order valence-corrected chi connectivity index (χ1v) is 23.5. The molecule has 340 valence electrons. The second kappa shape index (κ2) is 19.4. The van der Waals surface area contributed by atoms with Gasteiger partial charge >= 0.3 is 11.4 Å². The summed E-state index contributed by atoms with van der Waals surface area (Å²) in [4.78, 5) is 88.2. The molecular weight excluding hydrogens is 944 g/mol. The number of aryl methyl sites for hydroxylation is 1. The number of fused-ring (bicyclic) bond motifs is 4. The number of aromatic nitrogens is 6.